The van der Waals surface area contributed by atoms with Crippen molar-refractivity contribution in [1.82, 2.24) is 9.97 Å². The van der Waals surface area contributed by atoms with Crippen LogP contribution in [0.2, 0.25) is 5.02 Å². The van der Waals surface area contributed by atoms with E-state index < -0.39 is 4.92 Å². The summed E-state index contributed by atoms with van der Waals surface area (Å²) in [7, 11) is 0. The Morgan fingerprint density at radius 1 is 1.33 bits per heavy atom. The lowest BCUT2D eigenvalue weighted by molar-refractivity contribution is -0.384. The van der Waals surface area contributed by atoms with Crippen molar-refractivity contribution in [2.75, 3.05) is 0 Å². The maximum atomic E-state index is 10.6. The van der Waals surface area contributed by atoms with Crippen molar-refractivity contribution >= 4 is 33.2 Å². The lowest BCUT2D eigenvalue weighted by Gasteiger charge is -2.03. The van der Waals surface area contributed by atoms with Gasteiger partial charge in [0.05, 0.1) is 9.40 Å². The van der Waals surface area contributed by atoms with Crippen molar-refractivity contribution < 1.29 is 9.66 Å². The molecule has 8 heteroatoms. The summed E-state index contributed by atoms with van der Waals surface area (Å²) in [5, 5.41) is 10.6. The Morgan fingerprint density at radius 3 is 2.56 bits per heavy atom. The summed E-state index contributed by atoms with van der Waals surface area (Å²) < 4.78 is 6.02. The number of hydrogen-bond acceptors (Lipinski definition) is 5. The third-order valence-corrected chi connectivity index (χ3v) is 2.63. The number of rotatable bonds is 3. The van der Waals surface area contributed by atoms with Crippen molar-refractivity contribution in [3.63, 3.8) is 0 Å². The number of ether oxygens (including phenoxy) is 1. The van der Waals surface area contributed by atoms with E-state index in [2.05, 4.69) is 25.9 Å². The predicted octanol–water partition coefficient (Wildman–Crippen LogP) is 3.59. The highest BCUT2D eigenvalue weighted by molar-refractivity contribution is 9.10. The van der Waals surface area contributed by atoms with Crippen molar-refractivity contribution in [3.05, 3.63) is 50.2 Å². The standard InChI is InChI=1S/C10H5BrClN3O3/c11-6-4-13-10(14-5-6)18-7-1-2-9(15(16)17)8(12)3-7/h1-5H. The quantitative estimate of drug-likeness (QED) is 0.635. The van der Waals surface area contributed by atoms with Gasteiger partial charge in [-0.15, -0.1) is 0 Å². The fourth-order valence-electron chi connectivity index (χ4n) is 1.16. The summed E-state index contributed by atoms with van der Waals surface area (Å²) in [6.07, 6.45) is 3.05. The molecular weight excluding hydrogens is 325 g/mol. The number of aromatic nitrogens is 2. The first kappa shape index (κ1) is 12.7. The van der Waals surface area contributed by atoms with Crippen LogP contribution in [0.15, 0.2) is 35.1 Å². The van der Waals surface area contributed by atoms with Crippen LogP contribution in [-0.4, -0.2) is 14.9 Å². The molecule has 1 aromatic carbocycles. The van der Waals surface area contributed by atoms with Crippen molar-refractivity contribution in [2.45, 2.75) is 0 Å². The van der Waals surface area contributed by atoms with Crippen LogP contribution in [0, 0.1) is 10.1 Å². The Balaban J connectivity index is 2.22. The van der Waals surface area contributed by atoms with Gasteiger partial charge in [0.25, 0.3) is 5.69 Å². The van der Waals surface area contributed by atoms with Crippen LogP contribution in [0.25, 0.3) is 0 Å². The number of nitro groups is 1. The van der Waals surface area contributed by atoms with Gasteiger partial charge in [0.1, 0.15) is 10.8 Å². The van der Waals surface area contributed by atoms with Gasteiger partial charge in [0.2, 0.25) is 0 Å². The second-order valence-corrected chi connectivity index (χ2v) is 4.48. The minimum absolute atomic E-state index is 0.00499. The zero-order valence-corrected chi connectivity index (χ0v) is 11.1. The van der Waals surface area contributed by atoms with Crippen LogP contribution in [0.4, 0.5) is 5.69 Å². The van der Waals surface area contributed by atoms with E-state index in [1.807, 2.05) is 0 Å². The molecule has 2 rings (SSSR count). The van der Waals surface area contributed by atoms with Crippen LogP contribution < -0.4 is 4.74 Å². The van der Waals surface area contributed by atoms with Crippen LogP contribution in [0.5, 0.6) is 11.8 Å². The number of halogens is 2. The molecule has 0 amide bonds. The zero-order valence-electron chi connectivity index (χ0n) is 8.71. The fraction of sp³-hybridized carbons (Fsp3) is 0. The molecule has 0 N–H and O–H groups in total. The second-order valence-electron chi connectivity index (χ2n) is 3.16. The monoisotopic (exact) mass is 329 g/mol. The Labute approximate surface area is 115 Å². The largest absolute Gasteiger partial charge is 0.424 e. The van der Waals surface area contributed by atoms with E-state index in [0.717, 1.165) is 4.47 Å². The van der Waals surface area contributed by atoms with Gasteiger partial charge in [-0.05, 0) is 22.0 Å². The Hall–Kier alpha value is -1.73. The predicted molar refractivity (Wildman–Crippen MR) is 67.9 cm³/mol. The molecule has 92 valence electrons. The van der Waals surface area contributed by atoms with E-state index in [0.29, 0.717) is 5.75 Å². The molecule has 0 aliphatic rings. The first-order valence-electron chi connectivity index (χ1n) is 4.65. The molecule has 1 heterocycles. The van der Waals surface area contributed by atoms with Crippen LogP contribution in [0.3, 0.4) is 0 Å². The number of nitrogens with zero attached hydrogens (tertiary/aromatic N) is 3. The molecule has 0 aliphatic heterocycles. The maximum absolute atomic E-state index is 10.6. The SMILES string of the molecule is O=[N+]([O-])c1ccc(Oc2ncc(Br)cn2)cc1Cl. The topological polar surface area (TPSA) is 78.2 Å². The van der Waals surface area contributed by atoms with E-state index in [1.165, 1.54) is 30.6 Å². The van der Waals surface area contributed by atoms with Crippen LogP contribution in [0.1, 0.15) is 0 Å². The van der Waals surface area contributed by atoms with Gasteiger partial charge >= 0.3 is 6.01 Å². The number of benzene rings is 1. The molecule has 0 radical (unpaired) electrons. The van der Waals surface area contributed by atoms with Gasteiger partial charge < -0.3 is 4.74 Å². The molecule has 0 atom stereocenters. The Kier molecular flexibility index (Phi) is 3.73. The molecule has 0 saturated carbocycles. The van der Waals surface area contributed by atoms with E-state index in [4.69, 9.17) is 16.3 Å². The Morgan fingerprint density at radius 2 is 2.00 bits per heavy atom. The lowest BCUT2D eigenvalue weighted by atomic mass is 10.3. The summed E-state index contributed by atoms with van der Waals surface area (Å²) in [6.45, 7) is 0. The normalized spacial score (nSPS) is 10.1. The first-order chi connectivity index (χ1) is 8.56. The smallest absolute Gasteiger partial charge is 0.321 e. The van der Waals surface area contributed by atoms with E-state index in [9.17, 15) is 10.1 Å². The molecular formula is C10H5BrClN3O3. The summed E-state index contributed by atoms with van der Waals surface area (Å²) in [4.78, 5) is 17.8. The third kappa shape index (κ3) is 2.93. The highest BCUT2D eigenvalue weighted by Gasteiger charge is 2.13. The van der Waals surface area contributed by atoms with Crippen LogP contribution in [-0.2, 0) is 0 Å². The molecule has 0 saturated heterocycles. The van der Waals surface area contributed by atoms with E-state index in [1.54, 1.807) is 0 Å². The highest BCUT2D eigenvalue weighted by Crippen LogP contribution is 2.29. The van der Waals surface area contributed by atoms with E-state index >= 15 is 0 Å². The van der Waals surface area contributed by atoms with Crippen molar-refractivity contribution in [1.29, 1.82) is 0 Å². The third-order valence-electron chi connectivity index (χ3n) is 1.92. The average Bonchev–Trinajstić information content (AvgIpc) is 2.32. The second kappa shape index (κ2) is 5.28. The zero-order chi connectivity index (χ0) is 13.1. The fourth-order valence-corrected chi connectivity index (χ4v) is 1.60. The maximum Gasteiger partial charge on any atom is 0.321 e. The first-order valence-corrected chi connectivity index (χ1v) is 5.82. The van der Waals surface area contributed by atoms with Crippen molar-refractivity contribution in [3.8, 4) is 11.8 Å². The number of nitro benzene ring substituents is 1. The molecule has 2 aromatic rings. The van der Waals surface area contributed by atoms with Gasteiger partial charge in [-0.2, -0.15) is 0 Å². The van der Waals surface area contributed by atoms with Gasteiger partial charge in [-0.1, -0.05) is 11.6 Å². The van der Waals surface area contributed by atoms with Crippen molar-refractivity contribution in [2.24, 2.45) is 0 Å². The molecule has 0 bridgehead atoms. The summed E-state index contributed by atoms with van der Waals surface area (Å²) in [5.41, 5.74) is -0.180. The summed E-state index contributed by atoms with van der Waals surface area (Å²) in [6, 6.07) is 4.15. The van der Waals surface area contributed by atoms with Gasteiger partial charge in [-0.3, -0.25) is 10.1 Å². The molecule has 0 spiro atoms. The highest BCUT2D eigenvalue weighted by atomic mass is 79.9. The minimum atomic E-state index is -0.567. The Bertz CT molecular complexity index is 591. The lowest BCUT2D eigenvalue weighted by Crippen LogP contribution is -1.93. The minimum Gasteiger partial charge on any atom is -0.424 e. The summed E-state index contributed by atoms with van der Waals surface area (Å²) in [5.74, 6) is 0.327. The molecule has 0 unspecified atom stereocenters. The molecule has 0 fully saturated rings. The molecule has 6 nitrogen and oxygen atoms in total. The number of hydrogen-bond donors (Lipinski definition) is 0. The molecule has 0 aliphatic carbocycles. The van der Waals surface area contributed by atoms with E-state index in [-0.39, 0.29) is 16.7 Å². The van der Waals surface area contributed by atoms with Gasteiger partial charge in [0, 0.05) is 24.5 Å². The van der Waals surface area contributed by atoms with Gasteiger partial charge in [-0.25, -0.2) is 9.97 Å². The molecule has 18 heavy (non-hydrogen) atoms. The van der Waals surface area contributed by atoms with Gasteiger partial charge in [0.15, 0.2) is 0 Å². The molecule has 1 aromatic heterocycles. The average molecular weight is 331 g/mol. The summed E-state index contributed by atoms with van der Waals surface area (Å²) >= 11 is 8.94. The van der Waals surface area contributed by atoms with Crippen LogP contribution >= 0.6 is 27.5 Å².